The summed E-state index contributed by atoms with van der Waals surface area (Å²) in [6.45, 7) is 3.02. The smallest absolute Gasteiger partial charge is 0.338 e. The maximum atomic E-state index is 12.9. The lowest BCUT2D eigenvalue weighted by molar-refractivity contribution is -0.122. The van der Waals surface area contributed by atoms with Crippen LogP contribution >= 0.6 is 0 Å². The van der Waals surface area contributed by atoms with Crippen LogP contribution in [0, 0.1) is 17.8 Å². The first kappa shape index (κ1) is 23.4. The van der Waals surface area contributed by atoms with E-state index >= 15 is 0 Å². The molecule has 2 aromatic carbocycles. The Balaban J connectivity index is 1.38. The molecule has 2 aromatic rings. The Hall–Kier alpha value is -3.81. The van der Waals surface area contributed by atoms with Crippen LogP contribution in [-0.2, 0) is 19.1 Å². The predicted octanol–water partition coefficient (Wildman–Crippen LogP) is 3.61. The molecule has 34 heavy (non-hydrogen) atoms. The monoisotopic (exact) mass is 462 g/mol. The van der Waals surface area contributed by atoms with Gasteiger partial charge in [0.05, 0.1) is 23.1 Å². The maximum absolute atomic E-state index is 12.9. The largest absolute Gasteiger partial charge is 0.452 e. The van der Waals surface area contributed by atoms with E-state index in [1.54, 1.807) is 36.4 Å². The minimum Gasteiger partial charge on any atom is -0.452 e. The van der Waals surface area contributed by atoms with Gasteiger partial charge in [-0.05, 0) is 74.6 Å². The van der Waals surface area contributed by atoms with E-state index in [4.69, 9.17) is 4.74 Å². The lowest BCUT2D eigenvalue weighted by Crippen LogP contribution is -2.31. The molecule has 0 bridgehead atoms. The molecule has 2 aliphatic rings. The first-order valence-electron chi connectivity index (χ1n) is 11.3. The van der Waals surface area contributed by atoms with Gasteiger partial charge in [0.1, 0.15) is 0 Å². The van der Waals surface area contributed by atoms with Crippen LogP contribution in [0.1, 0.15) is 53.8 Å². The quantitative estimate of drug-likeness (QED) is 0.399. The first-order valence-corrected chi connectivity index (χ1v) is 11.3. The third kappa shape index (κ3) is 4.76. The van der Waals surface area contributed by atoms with E-state index in [0.717, 1.165) is 6.42 Å². The van der Waals surface area contributed by atoms with Gasteiger partial charge in [-0.15, -0.1) is 0 Å². The number of Topliss-reactive ketones (excluding diaryl/α,β-unsaturated/α-hetero) is 1. The Bertz CT molecular complexity index is 1160. The van der Waals surface area contributed by atoms with Gasteiger partial charge in [0.15, 0.2) is 12.4 Å². The topological polar surface area (TPSA) is 110 Å². The number of fused-ring (bicyclic) bond motifs is 1. The highest BCUT2D eigenvalue weighted by atomic mass is 16.5. The Morgan fingerprint density at radius 1 is 0.971 bits per heavy atom. The highest BCUT2D eigenvalue weighted by Gasteiger charge is 2.50. The summed E-state index contributed by atoms with van der Waals surface area (Å²) in [6, 6.07) is 12.5. The number of amides is 3. The number of hydrogen-bond acceptors (Lipinski definition) is 6. The second-order valence-electron chi connectivity index (χ2n) is 8.95. The van der Waals surface area contributed by atoms with Crippen LogP contribution < -0.4 is 10.2 Å². The fraction of sp³-hybridized carbons (Fsp3) is 0.346. The number of nitrogens with zero attached hydrogens (tertiary/aromatic N) is 1. The van der Waals surface area contributed by atoms with E-state index in [-0.39, 0.29) is 35.0 Å². The van der Waals surface area contributed by atoms with Crippen LogP contribution in [0.25, 0.3) is 0 Å². The molecule has 0 spiro atoms. The standard InChI is InChI=1S/C26H26N2O6/c1-15-6-11-21-22(12-15)25(32)28(24(21)31)20-5-3-4-18(13-20)26(33)34-14-23(30)27-19-9-7-17(8-10-19)16(2)29/h3-5,7-10,13,15,21-22H,6,11-12,14H2,1-2H3,(H,27,30)/t15-,21-,22+/m1/s1. The van der Waals surface area contributed by atoms with Crippen LogP contribution in [0.4, 0.5) is 11.4 Å². The van der Waals surface area contributed by atoms with Gasteiger partial charge in [-0.2, -0.15) is 0 Å². The molecule has 3 amide bonds. The molecule has 1 aliphatic carbocycles. The number of benzene rings is 2. The van der Waals surface area contributed by atoms with Crippen molar-refractivity contribution in [1.82, 2.24) is 0 Å². The van der Waals surface area contributed by atoms with Gasteiger partial charge >= 0.3 is 5.97 Å². The van der Waals surface area contributed by atoms with Crippen molar-refractivity contribution in [1.29, 1.82) is 0 Å². The van der Waals surface area contributed by atoms with E-state index in [2.05, 4.69) is 12.2 Å². The van der Waals surface area contributed by atoms with Crippen molar-refractivity contribution in [3.63, 3.8) is 0 Å². The van der Waals surface area contributed by atoms with Crippen molar-refractivity contribution in [2.45, 2.75) is 33.1 Å². The number of ether oxygens (including phenoxy) is 1. The van der Waals surface area contributed by atoms with Crippen molar-refractivity contribution < 1.29 is 28.7 Å². The van der Waals surface area contributed by atoms with Gasteiger partial charge in [0.25, 0.3) is 5.91 Å². The minimum absolute atomic E-state index is 0.0836. The fourth-order valence-electron chi connectivity index (χ4n) is 4.62. The van der Waals surface area contributed by atoms with Gasteiger partial charge in [-0.25, -0.2) is 4.79 Å². The number of hydrogen-bond donors (Lipinski definition) is 1. The van der Waals surface area contributed by atoms with Crippen molar-refractivity contribution >= 4 is 40.8 Å². The zero-order valence-corrected chi connectivity index (χ0v) is 19.1. The van der Waals surface area contributed by atoms with E-state index in [1.165, 1.54) is 24.0 Å². The minimum atomic E-state index is -0.742. The summed E-state index contributed by atoms with van der Waals surface area (Å²) in [5, 5.41) is 2.59. The molecule has 1 saturated carbocycles. The molecule has 1 heterocycles. The molecule has 1 saturated heterocycles. The second kappa shape index (κ2) is 9.59. The third-order valence-electron chi connectivity index (χ3n) is 6.44. The molecule has 4 rings (SSSR count). The van der Waals surface area contributed by atoms with E-state index in [9.17, 15) is 24.0 Å². The number of anilines is 2. The van der Waals surface area contributed by atoms with Crippen molar-refractivity contribution in [3.05, 3.63) is 59.7 Å². The molecular weight excluding hydrogens is 436 g/mol. The number of rotatable bonds is 6. The maximum Gasteiger partial charge on any atom is 0.338 e. The van der Waals surface area contributed by atoms with Crippen LogP contribution in [0.5, 0.6) is 0 Å². The molecule has 3 atom stereocenters. The summed E-state index contributed by atoms with van der Waals surface area (Å²) in [4.78, 5) is 63.0. The normalized spacial score (nSPS) is 21.7. The molecule has 176 valence electrons. The van der Waals surface area contributed by atoms with Crippen molar-refractivity contribution in [2.75, 3.05) is 16.8 Å². The van der Waals surface area contributed by atoms with Crippen LogP contribution in [0.2, 0.25) is 0 Å². The molecule has 0 aromatic heterocycles. The zero-order chi connectivity index (χ0) is 24.4. The summed E-state index contributed by atoms with van der Waals surface area (Å²) in [5.74, 6) is -2.01. The van der Waals surface area contributed by atoms with E-state index in [0.29, 0.717) is 35.7 Å². The number of nitrogens with one attached hydrogen (secondary N) is 1. The average Bonchev–Trinajstić information content (AvgIpc) is 3.07. The van der Waals surface area contributed by atoms with E-state index in [1.807, 2.05) is 0 Å². The summed E-state index contributed by atoms with van der Waals surface area (Å²) in [5.41, 5.74) is 1.46. The molecule has 0 radical (unpaired) electrons. The van der Waals surface area contributed by atoms with Gasteiger partial charge in [0, 0.05) is 11.3 Å². The molecular formula is C26H26N2O6. The van der Waals surface area contributed by atoms with E-state index < -0.39 is 18.5 Å². The Labute approximate surface area is 197 Å². The van der Waals surface area contributed by atoms with Crippen molar-refractivity contribution in [2.24, 2.45) is 17.8 Å². The first-order chi connectivity index (χ1) is 16.2. The average molecular weight is 463 g/mol. The molecule has 8 heteroatoms. The molecule has 8 nitrogen and oxygen atoms in total. The third-order valence-corrected chi connectivity index (χ3v) is 6.44. The lowest BCUT2D eigenvalue weighted by Gasteiger charge is -2.25. The van der Waals surface area contributed by atoms with Crippen LogP contribution in [-0.4, -0.2) is 36.1 Å². The van der Waals surface area contributed by atoms with Crippen LogP contribution in [0.15, 0.2) is 48.5 Å². The Kier molecular flexibility index (Phi) is 6.58. The summed E-state index contributed by atoms with van der Waals surface area (Å²) >= 11 is 0. The molecule has 0 unspecified atom stereocenters. The van der Waals surface area contributed by atoms with Crippen molar-refractivity contribution in [3.8, 4) is 0 Å². The highest BCUT2D eigenvalue weighted by molar-refractivity contribution is 6.22. The van der Waals surface area contributed by atoms with Crippen LogP contribution in [0.3, 0.4) is 0 Å². The molecule has 1 N–H and O–H groups in total. The fourth-order valence-corrected chi connectivity index (χ4v) is 4.62. The second-order valence-corrected chi connectivity index (χ2v) is 8.95. The predicted molar refractivity (Wildman–Crippen MR) is 124 cm³/mol. The zero-order valence-electron chi connectivity index (χ0n) is 19.1. The number of carbonyl (C=O) groups is 5. The lowest BCUT2D eigenvalue weighted by atomic mass is 9.76. The molecule has 2 fully saturated rings. The van der Waals surface area contributed by atoms with Gasteiger partial charge in [0.2, 0.25) is 11.8 Å². The number of ketones is 1. The van der Waals surface area contributed by atoms with Gasteiger partial charge in [-0.1, -0.05) is 13.0 Å². The molecule has 1 aliphatic heterocycles. The summed E-state index contributed by atoms with van der Waals surface area (Å²) < 4.78 is 5.11. The Morgan fingerprint density at radius 2 is 1.68 bits per heavy atom. The SMILES string of the molecule is CC(=O)c1ccc(NC(=O)COC(=O)c2cccc(N3C(=O)[C@H]4C[C@H](C)CC[C@H]4C3=O)c2)cc1. The summed E-state index contributed by atoms with van der Waals surface area (Å²) in [6.07, 6.45) is 2.31. The number of carbonyl (C=O) groups excluding carboxylic acids is 5. The van der Waals surface area contributed by atoms with Gasteiger partial charge in [-0.3, -0.25) is 24.1 Å². The number of esters is 1. The van der Waals surface area contributed by atoms with Gasteiger partial charge < -0.3 is 10.1 Å². The highest BCUT2D eigenvalue weighted by Crippen LogP contribution is 2.42. The number of imide groups is 1. The Morgan fingerprint density at radius 3 is 2.38 bits per heavy atom. The summed E-state index contributed by atoms with van der Waals surface area (Å²) in [7, 11) is 0.